The number of phenolic OH excluding ortho intramolecular Hbond substituents is 1. The first-order valence-corrected chi connectivity index (χ1v) is 13.8. The number of fused-ring (bicyclic) bond motifs is 1. The third-order valence-electron chi connectivity index (χ3n) is 5.80. The first-order valence-electron chi connectivity index (χ1n) is 10.9. The zero-order chi connectivity index (χ0) is 28.5. The topological polar surface area (TPSA) is 217 Å². The molecular formula is C22H20N4O10S3. The van der Waals surface area contributed by atoms with Crippen LogP contribution in [-0.2, 0) is 35.1 Å². The number of carboxylic acid groups (broad SMARTS) is 3. The summed E-state index contributed by atoms with van der Waals surface area (Å²) in [4.78, 5) is 62.3. The molecule has 0 spiro atoms. The van der Waals surface area contributed by atoms with Crippen LogP contribution in [0, 0.1) is 0 Å². The van der Waals surface area contributed by atoms with Gasteiger partial charge in [-0.1, -0.05) is 35.2 Å². The Hall–Kier alpha value is -3.67. The summed E-state index contributed by atoms with van der Waals surface area (Å²) in [5.41, 5.74) is -1.85. The Bertz CT molecular complexity index is 1380. The highest BCUT2D eigenvalue weighted by Crippen LogP contribution is 2.47. The van der Waals surface area contributed by atoms with Crippen molar-refractivity contribution in [3.05, 3.63) is 46.1 Å². The molecule has 1 saturated heterocycles. The molecule has 2 aliphatic heterocycles. The van der Waals surface area contributed by atoms with Crippen LogP contribution >= 0.6 is 34.9 Å². The largest absolute Gasteiger partial charge is 0.508 e. The molecule has 3 atom stereocenters. The van der Waals surface area contributed by atoms with Crippen LogP contribution in [0.3, 0.4) is 0 Å². The Morgan fingerprint density at radius 3 is 2.49 bits per heavy atom. The second-order valence-corrected chi connectivity index (χ2v) is 11.6. The van der Waals surface area contributed by atoms with E-state index in [1.165, 1.54) is 24.3 Å². The Labute approximate surface area is 232 Å². The number of carboxylic acids is 3. The first kappa shape index (κ1) is 28.3. The number of ether oxygens (including phenoxy) is 1. The molecule has 1 aromatic heterocycles. The van der Waals surface area contributed by atoms with E-state index >= 15 is 0 Å². The monoisotopic (exact) mass is 596 g/mol. The number of amides is 2. The van der Waals surface area contributed by atoms with Gasteiger partial charge in [-0.25, -0.2) is 4.79 Å². The number of thioether (sulfide) groups is 2. The maximum absolute atomic E-state index is 13.3. The molecule has 2 aromatic rings. The number of carbonyl (C=O) groups is 5. The zero-order valence-corrected chi connectivity index (χ0v) is 22.3. The average molecular weight is 597 g/mol. The van der Waals surface area contributed by atoms with Gasteiger partial charge < -0.3 is 30.5 Å². The number of β-lactam (4-membered cyclic amide) rings is 1. The molecule has 4 rings (SSSR count). The van der Waals surface area contributed by atoms with Crippen molar-refractivity contribution in [3.8, 4) is 5.75 Å². The lowest BCUT2D eigenvalue weighted by Crippen LogP contribution is -2.81. The number of phenols is 1. The number of rotatable bonds is 11. The fraction of sp³-hybridized carbons (Fsp3) is 0.318. The van der Waals surface area contributed by atoms with Gasteiger partial charge in [0.15, 0.2) is 10.3 Å². The van der Waals surface area contributed by atoms with E-state index in [9.17, 15) is 39.3 Å². The summed E-state index contributed by atoms with van der Waals surface area (Å²) in [6.45, 7) is 0. The van der Waals surface area contributed by atoms with E-state index < -0.39 is 46.7 Å². The van der Waals surface area contributed by atoms with Crippen LogP contribution in [0.25, 0.3) is 0 Å². The van der Waals surface area contributed by atoms with Crippen molar-refractivity contribution in [1.82, 2.24) is 20.4 Å². The average Bonchev–Trinajstić information content (AvgIpc) is 3.32. The molecule has 17 heteroatoms. The number of nitrogens with zero attached hydrogens (tertiary/aromatic N) is 3. The second-order valence-electron chi connectivity index (χ2n) is 8.21. The van der Waals surface area contributed by atoms with Crippen molar-refractivity contribution in [2.75, 3.05) is 18.6 Å². The minimum atomic E-state index is -2.00. The summed E-state index contributed by atoms with van der Waals surface area (Å²) in [7, 11) is 1.14. The number of aromatic hydroxyl groups is 1. The van der Waals surface area contributed by atoms with Crippen molar-refractivity contribution in [3.63, 3.8) is 0 Å². The van der Waals surface area contributed by atoms with Gasteiger partial charge in [0.05, 0.1) is 6.42 Å². The van der Waals surface area contributed by atoms with Gasteiger partial charge in [0.1, 0.15) is 21.8 Å². The molecule has 3 heterocycles. The van der Waals surface area contributed by atoms with E-state index in [4.69, 9.17) is 9.84 Å². The predicted molar refractivity (Wildman–Crippen MR) is 136 cm³/mol. The van der Waals surface area contributed by atoms with Gasteiger partial charge in [0, 0.05) is 18.6 Å². The van der Waals surface area contributed by atoms with E-state index in [1.807, 2.05) is 0 Å². The van der Waals surface area contributed by atoms with Crippen molar-refractivity contribution in [1.29, 1.82) is 0 Å². The predicted octanol–water partition coefficient (Wildman–Crippen LogP) is 0.544. The van der Waals surface area contributed by atoms with Gasteiger partial charge in [-0.2, -0.15) is 0 Å². The van der Waals surface area contributed by atoms with Crippen LogP contribution in [0.2, 0.25) is 0 Å². The van der Waals surface area contributed by atoms with Crippen LogP contribution in [0.1, 0.15) is 16.5 Å². The van der Waals surface area contributed by atoms with Crippen molar-refractivity contribution in [2.45, 2.75) is 27.8 Å². The molecule has 14 nitrogen and oxygen atoms in total. The van der Waals surface area contributed by atoms with Gasteiger partial charge in [-0.05, 0) is 23.3 Å². The summed E-state index contributed by atoms with van der Waals surface area (Å²) in [5.74, 6) is -7.47. The molecule has 0 aliphatic carbocycles. The maximum Gasteiger partial charge on any atom is 0.352 e. The Balaban J connectivity index is 1.54. The molecule has 0 bridgehead atoms. The molecule has 39 heavy (non-hydrogen) atoms. The number of benzene rings is 1. The third kappa shape index (κ3) is 5.42. The number of methoxy groups -OCH3 is 1. The second kappa shape index (κ2) is 11.2. The molecule has 0 radical (unpaired) electrons. The smallest absolute Gasteiger partial charge is 0.352 e. The molecule has 2 amide bonds. The SMILES string of the molecule is CO[C@@]1(NC(=O)C(C(=O)O)c2ccc(O)cc2)C(=O)N2C(C(=O)O)=C(CSc3nnc(CC(=O)O)s3)CS[C@H]21. The van der Waals surface area contributed by atoms with Gasteiger partial charge in [-0.15, -0.1) is 22.0 Å². The van der Waals surface area contributed by atoms with Crippen LogP contribution in [0.4, 0.5) is 0 Å². The quantitative estimate of drug-likeness (QED) is 0.104. The van der Waals surface area contributed by atoms with Gasteiger partial charge >= 0.3 is 17.9 Å². The van der Waals surface area contributed by atoms with Crippen molar-refractivity contribution in [2.24, 2.45) is 0 Å². The lowest BCUT2D eigenvalue weighted by Gasteiger charge is -2.56. The van der Waals surface area contributed by atoms with Gasteiger partial charge in [-0.3, -0.25) is 24.1 Å². The molecule has 1 unspecified atom stereocenters. The highest BCUT2D eigenvalue weighted by Gasteiger charge is 2.67. The highest BCUT2D eigenvalue weighted by molar-refractivity contribution is 8.01. The number of hydrogen-bond donors (Lipinski definition) is 5. The Morgan fingerprint density at radius 2 is 1.90 bits per heavy atom. The van der Waals surface area contributed by atoms with Crippen LogP contribution < -0.4 is 5.32 Å². The van der Waals surface area contributed by atoms with Crippen molar-refractivity contribution >= 4 is 64.6 Å². The van der Waals surface area contributed by atoms with E-state index in [-0.39, 0.29) is 34.9 Å². The number of aliphatic carboxylic acids is 3. The lowest BCUT2D eigenvalue weighted by atomic mass is 9.94. The maximum atomic E-state index is 13.3. The molecule has 2 aliphatic rings. The number of carbonyl (C=O) groups excluding carboxylic acids is 2. The van der Waals surface area contributed by atoms with E-state index in [0.29, 0.717) is 14.9 Å². The Kier molecular flexibility index (Phi) is 8.15. The number of hydrogen-bond acceptors (Lipinski definition) is 12. The van der Waals surface area contributed by atoms with Crippen LogP contribution in [-0.4, -0.2) is 95.0 Å². The first-order chi connectivity index (χ1) is 18.5. The standard InChI is InChI=1S/C22H20N4O10S3/c1-36-22(23-16(30)14(17(31)32)9-2-4-11(27)5-3-9)19(35)26-15(18(33)34)10(7-37-20(22)26)8-38-21-25-24-12(39-21)6-13(28)29/h2-5,14,20,27H,6-8H2,1H3,(H,23,30)(H,28,29)(H,31,32)(H,33,34)/t14?,20-,22-/m0/s1. The number of aromatic nitrogens is 2. The minimum Gasteiger partial charge on any atom is -0.508 e. The van der Waals surface area contributed by atoms with Crippen LogP contribution in [0.15, 0.2) is 39.9 Å². The summed E-state index contributed by atoms with van der Waals surface area (Å²) in [6, 6.07) is 4.95. The summed E-state index contributed by atoms with van der Waals surface area (Å²) >= 11 is 3.33. The minimum absolute atomic E-state index is 0.0533. The molecule has 1 aromatic carbocycles. The Morgan fingerprint density at radius 1 is 1.21 bits per heavy atom. The van der Waals surface area contributed by atoms with E-state index in [2.05, 4.69) is 15.5 Å². The van der Waals surface area contributed by atoms with Crippen molar-refractivity contribution < 1.29 is 49.1 Å². The lowest BCUT2D eigenvalue weighted by molar-refractivity contribution is -0.193. The summed E-state index contributed by atoms with van der Waals surface area (Å²) < 4.78 is 5.80. The summed E-state index contributed by atoms with van der Waals surface area (Å²) in [5, 5.41) is 47.3. The highest BCUT2D eigenvalue weighted by atomic mass is 32.2. The van der Waals surface area contributed by atoms with Gasteiger partial charge in [0.2, 0.25) is 5.91 Å². The normalized spacial score (nSPS) is 21.1. The molecule has 1 fully saturated rings. The third-order valence-corrected chi connectivity index (χ3v) is 9.32. The number of nitrogens with one attached hydrogen (secondary N) is 1. The fourth-order valence-corrected chi connectivity index (χ4v) is 7.49. The fourth-order valence-electron chi connectivity index (χ4n) is 4.03. The molecule has 5 N–H and O–H groups in total. The van der Waals surface area contributed by atoms with E-state index in [1.54, 1.807) is 0 Å². The molecule has 0 saturated carbocycles. The van der Waals surface area contributed by atoms with Crippen LogP contribution in [0.5, 0.6) is 5.75 Å². The molecule has 206 valence electrons. The molecular weight excluding hydrogens is 576 g/mol. The van der Waals surface area contributed by atoms with E-state index in [0.717, 1.165) is 46.9 Å². The zero-order valence-electron chi connectivity index (χ0n) is 19.9. The van der Waals surface area contributed by atoms with Gasteiger partial charge in [0.25, 0.3) is 11.6 Å². The summed E-state index contributed by atoms with van der Waals surface area (Å²) in [6.07, 6.45) is -0.290.